The number of nitrogens with two attached hydrogens (primary N) is 1. The van der Waals surface area contributed by atoms with Crippen molar-refractivity contribution in [1.29, 1.82) is 0 Å². The van der Waals surface area contributed by atoms with E-state index in [2.05, 4.69) is 17.1 Å². The SMILES string of the molecule is CC1CCCN(CCC(=O)Nc2ccc(CN)cc2)C1. The molecule has 1 aromatic carbocycles. The van der Waals surface area contributed by atoms with Crippen molar-refractivity contribution >= 4 is 11.6 Å². The van der Waals surface area contributed by atoms with Crippen LogP contribution < -0.4 is 11.1 Å². The van der Waals surface area contributed by atoms with Crippen LogP contribution in [-0.4, -0.2) is 30.4 Å². The summed E-state index contributed by atoms with van der Waals surface area (Å²) >= 11 is 0. The highest BCUT2D eigenvalue weighted by atomic mass is 16.1. The molecular formula is C16H25N3O. The molecule has 3 N–H and O–H groups in total. The van der Waals surface area contributed by atoms with Gasteiger partial charge in [0.25, 0.3) is 0 Å². The van der Waals surface area contributed by atoms with Crippen molar-refractivity contribution in [3.63, 3.8) is 0 Å². The fourth-order valence-corrected chi connectivity index (χ4v) is 2.70. The lowest BCUT2D eigenvalue weighted by Gasteiger charge is -2.30. The number of nitrogens with one attached hydrogen (secondary N) is 1. The first-order valence-electron chi connectivity index (χ1n) is 7.48. The molecule has 0 aromatic heterocycles. The molecule has 1 fully saturated rings. The summed E-state index contributed by atoms with van der Waals surface area (Å²) in [6.07, 6.45) is 3.13. The molecule has 2 rings (SSSR count). The monoisotopic (exact) mass is 275 g/mol. The second-order valence-electron chi connectivity index (χ2n) is 5.75. The zero-order chi connectivity index (χ0) is 14.4. The Morgan fingerprint density at radius 2 is 2.15 bits per heavy atom. The maximum atomic E-state index is 11.9. The van der Waals surface area contributed by atoms with E-state index in [-0.39, 0.29) is 5.91 Å². The van der Waals surface area contributed by atoms with Crippen LogP contribution in [-0.2, 0) is 11.3 Å². The van der Waals surface area contributed by atoms with E-state index >= 15 is 0 Å². The Morgan fingerprint density at radius 1 is 1.40 bits per heavy atom. The molecule has 1 unspecified atom stereocenters. The first-order valence-corrected chi connectivity index (χ1v) is 7.48. The number of rotatable bonds is 5. The van der Waals surface area contributed by atoms with Gasteiger partial charge in [0.1, 0.15) is 0 Å². The number of likely N-dealkylation sites (tertiary alicyclic amines) is 1. The van der Waals surface area contributed by atoms with Crippen LogP contribution in [0.3, 0.4) is 0 Å². The zero-order valence-corrected chi connectivity index (χ0v) is 12.3. The van der Waals surface area contributed by atoms with Crippen molar-refractivity contribution in [2.45, 2.75) is 32.7 Å². The zero-order valence-electron chi connectivity index (χ0n) is 12.3. The van der Waals surface area contributed by atoms with E-state index in [1.54, 1.807) is 0 Å². The topological polar surface area (TPSA) is 58.4 Å². The quantitative estimate of drug-likeness (QED) is 0.866. The first kappa shape index (κ1) is 15.0. The van der Waals surface area contributed by atoms with E-state index < -0.39 is 0 Å². The van der Waals surface area contributed by atoms with Crippen LogP contribution in [0.15, 0.2) is 24.3 Å². The van der Waals surface area contributed by atoms with Crippen molar-refractivity contribution in [3.05, 3.63) is 29.8 Å². The molecule has 0 radical (unpaired) electrons. The number of benzene rings is 1. The highest BCUT2D eigenvalue weighted by Gasteiger charge is 2.16. The molecule has 4 heteroatoms. The molecule has 1 aliphatic heterocycles. The summed E-state index contributed by atoms with van der Waals surface area (Å²) in [6, 6.07) is 7.70. The molecule has 1 saturated heterocycles. The third-order valence-electron chi connectivity index (χ3n) is 3.87. The van der Waals surface area contributed by atoms with E-state index in [9.17, 15) is 4.79 Å². The largest absolute Gasteiger partial charge is 0.326 e. The lowest BCUT2D eigenvalue weighted by Crippen LogP contribution is -2.36. The fraction of sp³-hybridized carbons (Fsp3) is 0.562. The summed E-state index contributed by atoms with van der Waals surface area (Å²) in [6.45, 7) is 5.92. The maximum absolute atomic E-state index is 11.9. The summed E-state index contributed by atoms with van der Waals surface area (Å²) in [5.41, 5.74) is 7.47. The normalized spacial score (nSPS) is 19.8. The predicted octanol–water partition coefficient (Wildman–Crippen LogP) is 2.21. The molecule has 1 atom stereocenters. The van der Waals surface area contributed by atoms with Crippen LogP contribution in [0, 0.1) is 5.92 Å². The van der Waals surface area contributed by atoms with Gasteiger partial charge in [0.15, 0.2) is 0 Å². The number of anilines is 1. The summed E-state index contributed by atoms with van der Waals surface area (Å²) < 4.78 is 0. The third-order valence-corrected chi connectivity index (χ3v) is 3.87. The molecule has 1 amide bonds. The lowest BCUT2D eigenvalue weighted by atomic mass is 10.0. The van der Waals surface area contributed by atoms with Gasteiger partial charge in [0.05, 0.1) is 0 Å². The molecule has 1 heterocycles. The van der Waals surface area contributed by atoms with Crippen LogP contribution >= 0.6 is 0 Å². The smallest absolute Gasteiger partial charge is 0.225 e. The Hall–Kier alpha value is -1.39. The van der Waals surface area contributed by atoms with Gasteiger partial charge >= 0.3 is 0 Å². The number of nitrogens with zero attached hydrogens (tertiary/aromatic N) is 1. The molecule has 0 saturated carbocycles. The molecule has 1 aromatic rings. The van der Waals surface area contributed by atoms with Crippen molar-refractivity contribution in [2.24, 2.45) is 11.7 Å². The number of carbonyl (C=O) groups excluding carboxylic acids is 1. The summed E-state index contributed by atoms with van der Waals surface area (Å²) in [7, 11) is 0. The molecule has 110 valence electrons. The number of hydrogen-bond donors (Lipinski definition) is 2. The Labute approximate surface area is 121 Å². The Morgan fingerprint density at radius 3 is 2.80 bits per heavy atom. The van der Waals surface area contributed by atoms with Crippen molar-refractivity contribution < 1.29 is 4.79 Å². The summed E-state index contributed by atoms with van der Waals surface area (Å²) in [4.78, 5) is 14.3. The molecule has 20 heavy (non-hydrogen) atoms. The first-order chi connectivity index (χ1) is 9.67. The van der Waals surface area contributed by atoms with Crippen LogP contribution in [0.5, 0.6) is 0 Å². The number of hydrogen-bond acceptors (Lipinski definition) is 3. The van der Waals surface area contributed by atoms with Gasteiger partial charge in [-0.1, -0.05) is 19.1 Å². The highest BCUT2D eigenvalue weighted by molar-refractivity contribution is 5.90. The minimum Gasteiger partial charge on any atom is -0.326 e. The Balaban J connectivity index is 1.74. The van der Waals surface area contributed by atoms with Crippen molar-refractivity contribution in [2.75, 3.05) is 25.0 Å². The lowest BCUT2D eigenvalue weighted by molar-refractivity contribution is -0.116. The summed E-state index contributed by atoms with van der Waals surface area (Å²) in [5.74, 6) is 0.847. The van der Waals surface area contributed by atoms with Gasteiger partial charge < -0.3 is 16.0 Å². The van der Waals surface area contributed by atoms with Gasteiger partial charge in [0, 0.05) is 31.7 Å². The van der Waals surface area contributed by atoms with E-state index in [0.717, 1.165) is 36.8 Å². The molecule has 0 spiro atoms. The highest BCUT2D eigenvalue weighted by Crippen LogP contribution is 2.15. The molecule has 0 bridgehead atoms. The number of piperidine rings is 1. The number of carbonyl (C=O) groups is 1. The van der Waals surface area contributed by atoms with Crippen LogP contribution in [0.25, 0.3) is 0 Å². The van der Waals surface area contributed by atoms with Crippen LogP contribution in [0.2, 0.25) is 0 Å². The van der Waals surface area contributed by atoms with Crippen molar-refractivity contribution in [3.8, 4) is 0 Å². The molecule has 0 aliphatic carbocycles. The van der Waals surface area contributed by atoms with Crippen LogP contribution in [0.1, 0.15) is 31.7 Å². The fourth-order valence-electron chi connectivity index (χ4n) is 2.70. The standard InChI is InChI=1S/C16H25N3O/c1-13-3-2-9-19(12-13)10-8-16(20)18-15-6-4-14(11-17)5-7-15/h4-7,13H,2-3,8-12,17H2,1H3,(H,18,20). The minimum atomic E-state index is 0.0868. The van der Waals surface area contributed by atoms with Crippen molar-refractivity contribution in [1.82, 2.24) is 4.90 Å². The minimum absolute atomic E-state index is 0.0868. The number of amides is 1. The van der Waals surface area contributed by atoms with Gasteiger partial charge in [0.2, 0.25) is 5.91 Å². The second-order valence-corrected chi connectivity index (χ2v) is 5.75. The Bertz CT molecular complexity index is 430. The van der Waals surface area contributed by atoms with Gasteiger partial charge in [-0.25, -0.2) is 0 Å². The maximum Gasteiger partial charge on any atom is 0.225 e. The summed E-state index contributed by atoms with van der Waals surface area (Å²) in [5, 5.41) is 2.94. The molecule has 1 aliphatic rings. The van der Waals surface area contributed by atoms with Gasteiger partial charge in [-0.2, -0.15) is 0 Å². The van der Waals surface area contributed by atoms with E-state index in [0.29, 0.717) is 13.0 Å². The average Bonchev–Trinajstić information content (AvgIpc) is 2.46. The Kier molecular flexibility index (Phi) is 5.56. The van der Waals surface area contributed by atoms with Gasteiger partial charge in [-0.15, -0.1) is 0 Å². The van der Waals surface area contributed by atoms with E-state index in [1.807, 2.05) is 24.3 Å². The average molecular weight is 275 g/mol. The van der Waals surface area contributed by atoms with E-state index in [1.165, 1.54) is 12.8 Å². The molecular weight excluding hydrogens is 250 g/mol. The van der Waals surface area contributed by atoms with Gasteiger partial charge in [-0.3, -0.25) is 4.79 Å². The third kappa shape index (κ3) is 4.62. The van der Waals surface area contributed by atoms with Crippen LogP contribution in [0.4, 0.5) is 5.69 Å². The predicted molar refractivity (Wildman–Crippen MR) is 82.4 cm³/mol. The van der Waals surface area contributed by atoms with Gasteiger partial charge in [-0.05, 0) is 43.0 Å². The second kappa shape index (κ2) is 7.41. The van der Waals surface area contributed by atoms with E-state index in [4.69, 9.17) is 5.73 Å². The molecule has 4 nitrogen and oxygen atoms in total.